The van der Waals surface area contributed by atoms with Gasteiger partial charge in [0.1, 0.15) is 0 Å². The lowest BCUT2D eigenvalue weighted by molar-refractivity contribution is -0.154. The van der Waals surface area contributed by atoms with Gasteiger partial charge < -0.3 is 20.1 Å². The van der Waals surface area contributed by atoms with Crippen molar-refractivity contribution >= 4 is 12.0 Å². The van der Waals surface area contributed by atoms with Crippen molar-refractivity contribution in [2.45, 2.75) is 12.8 Å². The van der Waals surface area contributed by atoms with E-state index in [1.165, 1.54) is 4.90 Å². The van der Waals surface area contributed by atoms with Crippen LogP contribution in [0.25, 0.3) is 0 Å². The molecular weight excluding hydrogens is 212 g/mol. The van der Waals surface area contributed by atoms with E-state index in [0.29, 0.717) is 26.1 Å². The molecule has 0 aromatic heterocycles. The molecule has 2 N–H and O–H groups in total. The minimum absolute atomic E-state index is 0.155. The summed E-state index contributed by atoms with van der Waals surface area (Å²) >= 11 is 0. The summed E-state index contributed by atoms with van der Waals surface area (Å²) in [7, 11) is 3.24. The number of nitrogens with one attached hydrogen (secondary N) is 1. The molecule has 0 saturated carbocycles. The third-order valence-electron chi connectivity index (χ3n) is 2.89. The monoisotopic (exact) mass is 230 g/mol. The molecule has 0 aromatic carbocycles. The number of carboxylic acids is 1. The zero-order chi connectivity index (χ0) is 12.2. The molecule has 92 valence electrons. The predicted molar refractivity (Wildman–Crippen MR) is 57.2 cm³/mol. The second-order valence-electron chi connectivity index (χ2n) is 4.25. The first-order valence-corrected chi connectivity index (χ1v) is 5.24. The average Bonchev–Trinajstić information content (AvgIpc) is 2.26. The Balaban J connectivity index is 2.58. The zero-order valence-corrected chi connectivity index (χ0v) is 9.65. The lowest BCUT2D eigenvalue weighted by atomic mass is 9.80. The second kappa shape index (κ2) is 5.16. The molecule has 0 aromatic rings. The molecule has 6 heteroatoms. The SMILES string of the molecule is CN(C)C(=O)NCC1(C(=O)O)CCOCC1. The van der Waals surface area contributed by atoms with E-state index in [1.807, 2.05) is 0 Å². The maximum absolute atomic E-state index is 11.3. The van der Waals surface area contributed by atoms with E-state index in [1.54, 1.807) is 14.1 Å². The molecular formula is C10H18N2O4. The summed E-state index contributed by atoms with van der Waals surface area (Å²) in [6.45, 7) is 1.02. The van der Waals surface area contributed by atoms with Gasteiger partial charge in [-0.25, -0.2) is 4.79 Å². The molecule has 0 unspecified atom stereocenters. The number of aliphatic carboxylic acids is 1. The molecule has 2 amide bonds. The number of rotatable bonds is 3. The van der Waals surface area contributed by atoms with Crippen LogP contribution in [0.5, 0.6) is 0 Å². The van der Waals surface area contributed by atoms with Crippen molar-refractivity contribution in [1.82, 2.24) is 10.2 Å². The van der Waals surface area contributed by atoms with E-state index < -0.39 is 11.4 Å². The minimum Gasteiger partial charge on any atom is -0.481 e. The van der Waals surface area contributed by atoms with Crippen LogP contribution in [-0.2, 0) is 9.53 Å². The van der Waals surface area contributed by atoms with Gasteiger partial charge in [0.25, 0.3) is 0 Å². The fourth-order valence-corrected chi connectivity index (χ4v) is 1.63. The van der Waals surface area contributed by atoms with Gasteiger partial charge in [-0.1, -0.05) is 0 Å². The number of amides is 2. The molecule has 1 rings (SSSR count). The van der Waals surface area contributed by atoms with Crippen LogP contribution >= 0.6 is 0 Å². The third-order valence-corrected chi connectivity index (χ3v) is 2.89. The van der Waals surface area contributed by atoms with Crippen LogP contribution in [0.2, 0.25) is 0 Å². The van der Waals surface area contributed by atoms with Crippen molar-refractivity contribution in [1.29, 1.82) is 0 Å². The Morgan fingerprint density at radius 1 is 1.38 bits per heavy atom. The quantitative estimate of drug-likeness (QED) is 0.722. The summed E-state index contributed by atoms with van der Waals surface area (Å²) in [6, 6.07) is -0.271. The minimum atomic E-state index is -0.871. The topological polar surface area (TPSA) is 78.9 Å². The van der Waals surface area contributed by atoms with Gasteiger partial charge in [-0.15, -0.1) is 0 Å². The summed E-state index contributed by atoms with van der Waals surface area (Å²) in [6.07, 6.45) is 0.881. The Kier molecular flexibility index (Phi) is 4.12. The van der Waals surface area contributed by atoms with Gasteiger partial charge in [-0.3, -0.25) is 4.79 Å². The maximum atomic E-state index is 11.3. The lowest BCUT2D eigenvalue weighted by Gasteiger charge is -2.33. The van der Waals surface area contributed by atoms with E-state index in [4.69, 9.17) is 4.74 Å². The van der Waals surface area contributed by atoms with E-state index in [-0.39, 0.29) is 12.6 Å². The van der Waals surface area contributed by atoms with Crippen LogP contribution in [-0.4, -0.2) is 55.9 Å². The van der Waals surface area contributed by atoms with Crippen molar-refractivity contribution in [3.05, 3.63) is 0 Å². The number of carboxylic acid groups (broad SMARTS) is 1. The van der Waals surface area contributed by atoms with Gasteiger partial charge in [0.05, 0.1) is 5.41 Å². The molecule has 1 aliphatic rings. The van der Waals surface area contributed by atoms with Gasteiger partial charge >= 0.3 is 12.0 Å². The smallest absolute Gasteiger partial charge is 0.316 e. The number of hydrogen-bond donors (Lipinski definition) is 2. The first kappa shape index (κ1) is 12.8. The molecule has 1 saturated heterocycles. The van der Waals surface area contributed by atoms with Crippen LogP contribution < -0.4 is 5.32 Å². The molecule has 16 heavy (non-hydrogen) atoms. The molecule has 0 bridgehead atoms. The molecule has 6 nitrogen and oxygen atoms in total. The van der Waals surface area contributed by atoms with Crippen LogP contribution in [0.1, 0.15) is 12.8 Å². The molecule has 1 aliphatic heterocycles. The number of nitrogens with zero attached hydrogens (tertiary/aromatic N) is 1. The van der Waals surface area contributed by atoms with Gasteiger partial charge in [0, 0.05) is 33.9 Å². The molecule has 1 heterocycles. The fraction of sp³-hybridized carbons (Fsp3) is 0.800. The van der Waals surface area contributed by atoms with E-state index in [9.17, 15) is 14.7 Å². The Labute approximate surface area is 94.6 Å². The Hall–Kier alpha value is -1.30. The largest absolute Gasteiger partial charge is 0.481 e. The van der Waals surface area contributed by atoms with Crippen LogP contribution in [0, 0.1) is 5.41 Å². The number of carbonyl (C=O) groups is 2. The number of ether oxygens (including phenoxy) is 1. The molecule has 0 radical (unpaired) electrons. The highest BCUT2D eigenvalue weighted by Gasteiger charge is 2.40. The first-order chi connectivity index (χ1) is 7.48. The summed E-state index contributed by atoms with van der Waals surface area (Å²) in [5, 5.41) is 11.8. The van der Waals surface area contributed by atoms with Crippen LogP contribution in [0.4, 0.5) is 4.79 Å². The molecule has 0 aliphatic carbocycles. The summed E-state index contributed by atoms with van der Waals surface area (Å²) < 4.78 is 5.14. The highest BCUT2D eigenvalue weighted by atomic mass is 16.5. The zero-order valence-electron chi connectivity index (χ0n) is 9.65. The molecule has 0 spiro atoms. The highest BCUT2D eigenvalue weighted by molar-refractivity contribution is 5.78. The Morgan fingerprint density at radius 3 is 2.38 bits per heavy atom. The van der Waals surface area contributed by atoms with Crippen molar-refractivity contribution in [2.75, 3.05) is 33.9 Å². The van der Waals surface area contributed by atoms with Crippen molar-refractivity contribution in [2.24, 2.45) is 5.41 Å². The third kappa shape index (κ3) is 2.85. The Morgan fingerprint density at radius 2 is 1.94 bits per heavy atom. The lowest BCUT2D eigenvalue weighted by Crippen LogP contribution is -2.48. The number of carbonyl (C=O) groups excluding carboxylic acids is 1. The van der Waals surface area contributed by atoms with Crippen LogP contribution in [0.3, 0.4) is 0 Å². The van der Waals surface area contributed by atoms with Crippen LogP contribution in [0.15, 0.2) is 0 Å². The van der Waals surface area contributed by atoms with E-state index >= 15 is 0 Å². The summed E-state index contributed by atoms with van der Waals surface area (Å²) in [5.74, 6) is -0.866. The second-order valence-corrected chi connectivity index (χ2v) is 4.25. The predicted octanol–water partition coefficient (Wildman–Crippen LogP) is 0.139. The van der Waals surface area contributed by atoms with Crippen molar-refractivity contribution in [3.8, 4) is 0 Å². The normalized spacial score (nSPS) is 18.9. The van der Waals surface area contributed by atoms with E-state index in [0.717, 1.165) is 0 Å². The summed E-state index contributed by atoms with van der Waals surface area (Å²) in [4.78, 5) is 24.0. The van der Waals surface area contributed by atoms with E-state index in [2.05, 4.69) is 5.32 Å². The fourth-order valence-electron chi connectivity index (χ4n) is 1.63. The van der Waals surface area contributed by atoms with Gasteiger partial charge in [0.15, 0.2) is 0 Å². The average molecular weight is 230 g/mol. The van der Waals surface area contributed by atoms with Gasteiger partial charge in [-0.2, -0.15) is 0 Å². The number of urea groups is 1. The highest BCUT2D eigenvalue weighted by Crippen LogP contribution is 2.30. The Bertz CT molecular complexity index is 272. The standard InChI is InChI=1S/C10H18N2O4/c1-12(2)9(15)11-7-10(8(13)14)3-5-16-6-4-10/h3-7H2,1-2H3,(H,11,15)(H,13,14). The molecule has 1 fully saturated rings. The van der Waals surface area contributed by atoms with Gasteiger partial charge in [-0.05, 0) is 12.8 Å². The number of hydrogen-bond acceptors (Lipinski definition) is 3. The van der Waals surface area contributed by atoms with Crippen molar-refractivity contribution in [3.63, 3.8) is 0 Å². The summed E-state index contributed by atoms with van der Waals surface area (Å²) in [5.41, 5.74) is -0.871. The van der Waals surface area contributed by atoms with Gasteiger partial charge in [0.2, 0.25) is 0 Å². The molecule has 0 atom stereocenters. The van der Waals surface area contributed by atoms with Crippen molar-refractivity contribution < 1.29 is 19.4 Å². The first-order valence-electron chi connectivity index (χ1n) is 5.24. The maximum Gasteiger partial charge on any atom is 0.316 e.